The van der Waals surface area contributed by atoms with Crippen LogP contribution in [0, 0.1) is 0 Å². The summed E-state index contributed by atoms with van der Waals surface area (Å²) < 4.78 is 5.26. The Kier molecular flexibility index (Phi) is 14.8. The van der Waals surface area contributed by atoms with E-state index in [1.807, 2.05) is 30.3 Å². The first-order valence-corrected chi connectivity index (χ1v) is 11.6. The predicted molar refractivity (Wildman–Crippen MR) is 121 cm³/mol. The van der Waals surface area contributed by atoms with Gasteiger partial charge in [0, 0.05) is 19.2 Å². The summed E-state index contributed by atoms with van der Waals surface area (Å²) in [5.74, 6) is -0.346. The van der Waals surface area contributed by atoms with E-state index < -0.39 is 0 Å². The Labute approximate surface area is 178 Å². The second-order valence-corrected chi connectivity index (χ2v) is 7.90. The average Bonchev–Trinajstić information content (AvgIpc) is 2.75. The molecule has 0 unspecified atom stereocenters. The first-order valence-electron chi connectivity index (χ1n) is 11.6. The number of amides is 1. The average molecular weight is 404 g/mol. The monoisotopic (exact) mass is 403 g/mol. The fourth-order valence-electron chi connectivity index (χ4n) is 3.37. The highest BCUT2D eigenvalue weighted by molar-refractivity contribution is 5.94. The Morgan fingerprint density at radius 3 is 1.83 bits per heavy atom. The molecule has 0 saturated heterocycles. The molecule has 0 aliphatic rings. The van der Waals surface area contributed by atoms with E-state index in [2.05, 4.69) is 6.92 Å². The van der Waals surface area contributed by atoms with E-state index in [4.69, 9.17) is 4.74 Å². The quantitative estimate of drug-likeness (QED) is 0.215. The molecule has 4 heteroatoms. The number of carbonyl (C=O) groups excluding carboxylic acids is 2. The third-order valence-corrected chi connectivity index (χ3v) is 5.32. The number of unbranched alkanes of at least 4 members (excludes halogenated alkanes) is 11. The van der Waals surface area contributed by atoms with Crippen LogP contribution in [0.1, 0.15) is 96.8 Å². The summed E-state index contributed by atoms with van der Waals surface area (Å²) >= 11 is 0. The number of rotatable bonds is 17. The molecule has 4 nitrogen and oxygen atoms in total. The van der Waals surface area contributed by atoms with Gasteiger partial charge < -0.3 is 9.64 Å². The van der Waals surface area contributed by atoms with Crippen molar-refractivity contribution in [3.63, 3.8) is 0 Å². The Morgan fingerprint density at radius 2 is 1.28 bits per heavy atom. The Morgan fingerprint density at radius 1 is 0.759 bits per heavy atom. The Hall–Kier alpha value is -1.84. The lowest BCUT2D eigenvalue weighted by Crippen LogP contribution is -2.26. The van der Waals surface area contributed by atoms with Crippen molar-refractivity contribution >= 4 is 17.6 Å². The maximum absolute atomic E-state index is 12.2. The maximum Gasteiger partial charge on any atom is 0.306 e. The minimum atomic E-state index is -0.275. The highest BCUT2D eigenvalue weighted by atomic mass is 16.5. The van der Waals surface area contributed by atoms with Crippen molar-refractivity contribution < 1.29 is 14.3 Å². The van der Waals surface area contributed by atoms with Crippen LogP contribution in [-0.4, -0.2) is 25.5 Å². The molecule has 0 fully saturated rings. The zero-order chi connectivity index (χ0) is 21.2. The Balaban J connectivity index is 1.92. The van der Waals surface area contributed by atoms with Gasteiger partial charge in [0.2, 0.25) is 5.91 Å². The normalized spacial score (nSPS) is 10.7. The lowest BCUT2D eigenvalue weighted by atomic mass is 10.1. The van der Waals surface area contributed by atoms with Gasteiger partial charge >= 0.3 is 5.97 Å². The molecule has 0 aliphatic carbocycles. The highest BCUT2D eigenvalue weighted by Crippen LogP contribution is 2.14. The molecule has 1 rings (SSSR count). The first-order chi connectivity index (χ1) is 14.1. The van der Waals surface area contributed by atoms with Gasteiger partial charge in [-0.15, -0.1) is 0 Å². The van der Waals surface area contributed by atoms with Crippen molar-refractivity contribution in [1.82, 2.24) is 0 Å². The molecular weight excluding hydrogens is 362 g/mol. The third kappa shape index (κ3) is 13.1. The van der Waals surface area contributed by atoms with Gasteiger partial charge in [-0.3, -0.25) is 9.59 Å². The van der Waals surface area contributed by atoms with Crippen molar-refractivity contribution in [3.05, 3.63) is 30.3 Å². The van der Waals surface area contributed by atoms with Crippen LogP contribution < -0.4 is 4.90 Å². The van der Waals surface area contributed by atoms with Gasteiger partial charge in [-0.1, -0.05) is 95.8 Å². The summed E-state index contributed by atoms with van der Waals surface area (Å²) in [6.45, 7) is 2.73. The number of esters is 1. The summed E-state index contributed by atoms with van der Waals surface area (Å²) in [6.07, 6.45) is 15.8. The number of benzene rings is 1. The second-order valence-electron chi connectivity index (χ2n) is 7.90. The zero-order valence-corrected chi connectivity index (χ0v) is 18.7. The molecule has 0 atom stereocenters. The van der Waals surface area contributed by atoms with Gasteiger partial charge in [-0.25, -0.2) is 0 Å². The van der Waals surface area contributed by atoms with Gasteiger partial charge in [0.1, 0.15) is 0 Å². The van der Waals surface area contributed by atoms with E-state index in [-0.39, 0.29) is 24.7 Å². The first kappa shape index (κ1) is 25.2. The van der Waals surface area contributed by atoms with Crippen LogP contribution in [0.25, 0.3) is 0 Å². The third-order valence-electron chi connectivity index (χ3n) is 5.32. The fraction of sp³-hybridized carbons (Fsp3) is 0.680. The van der Waals surface area contributed by atoms with E-state index in [0.29, 0.717) is 6.61 Å². The van der Waals surface area contributed by atoms with Crippen LogP contribution in [0.2, 0.25) is 0 Å². The smallest absolute Gasteiger partial charge is 0.306 e. The molecular formula is C25H41NO3. The predicted octanol–water partition coefficient (Wildman–Crippen LogP) is 6.67. The fourth-order valence-corrected chi connectivity index (χ4v) is 3.37. The molecule has 29 heavy (non-hydrogen) atoms. The van der Waals surface area contributed by atoms with E-state index in [0.717, 1.165) is 18.5 Å². The second kappa shape index (κ2) is 17.1. The van der Waals surface area contributed by atoms with E-state index >= 15 is 0 Å². The van der Waals surface area contributed by atoms with Crippen molar-refractivity contribution in [3.8, 4) is 0 Å². The van der Waals surface area contributed by atoms with Crippen molar-refractivity contribution in [1.29, 1.82) is 0 Å². The molecule has 0 saturated carbocycles. The number of ether oxygens (including phenoxy) is 1. The van der Waals surface area contributed by atoms with Gasteiger partial charge in [-0.2, -0.15) is 0 Å². The summed E-state index contributed by atoms with van der Waals surface area (Å²) in [4.78, 5) is 25.6. The summed E-state index contributed by atoms with van der Waals surface area (Å²) in [6, 6.07) is 9.45. The van der Waals surface area contributed by atoms with Crippen LogP contribution in [0.4, 0.5) is 5.69 Å². The van der Waals surface area contributed by atoms with Crippen LogP contribution in [0.3, 0.4) is 0 Å². The topological polar surface area (TPSA) is 46.6 Å². The molecule has 0 bridgehead atoms. The van der Waals surface area contributed by atoms with Crippen LogP contribution in [0.5, 0.6) is 0 Å². The van der Waals surface area contributed by atoms with E-state index in [1.165, 1.54) is 64.2 Å². The number of hydrogen-bond donors (Lipinski definition) is 0. The minimum Gasteiger partial charge on any atom is -0.466 e. The number of para-hydroxylation sites is 1. The lowest BCUT2D eigenvalue weighted by molar-refractivity contribution is -0.144. The molecule has 0 radical (unpaired) electrons. The summed E-state index contributed by atoms with van der Waals surface area (Å²) in [5.41, 5.74) is 0.836. The lowest BCUT2D eigenvalue weighted by Gasteiger charge is -2.16. The largest absolute Gasteiger partial charge is 0.466 e. The number of nitrogens with zero attached hydrogens (tertiary/aromatic N) is 1. The molecule has 1 aromatic carbocycles. The minimum absolute atomic E-state index is 0.0708. The standard InChI is InChI=1S/C25H41NO3/c1-3-4-5-6-7-8-9-10-11-12-13-17-22-29-25(28)21-20-24(27)26(2)23-18-15-14-16-19-23/h14-16,18-19H,3-13,17,20-22H2,1-2H3. The zero-order valence-electron chi connectivity index (χ0n) is 18.7. The van der Waals surface area contributed by atoms with Crippen LogP contribution >= 0.6 is 0 Å². The van der Waals surface area contributed by atoms with Crippen LogP contribution in [0.15, 0.2) is 30.3 Å². The van der Waals surface area contributed by atoms with Gasteiger partial charge in [-0.05, 0) is 18.6 Å². The van der Waals surface area contributed by atoms with Crippen molar-refractivity contribution in [2.24, 2.45) is 0 Å². The molecule has 0 N–H and O–H groups in total. The number of carbonyl (C=O) groups is 2. The molecule has 0 heterocycles. The van der Waals surface area contributed by atoms with Gasteiger partial charge in [0.05, 0.1) is 13.0 Å². The van der Waals surface area contributed by atoms with E-state index in [9.17, 15) is 9.59 Å². The molecule has 1 aromatic rings. The van der Waals surface area contributed by atoms with Crippen LogP contribution in [-0.2, 0) is 14.3 Å². The van der Waals surface area contributed by atoms with Gasteiger partial charge in [0.25, 0.3) is 0 Å². The SMILES string of the molecule is CCCCCCCCCCCCCCOC(=O)CCC(=O)N(C)c1ccccc1. The highest BCUT2D eigenvalue weighted by Gasteiger charge is 2.13. The number of anilines is 1. The Bertz CT molecular complexity index is 544. The van der Waals surface area contributed by atoms with Crippen molar-refractivity contribution in [2.75, 3.05) is 18.6 Å². The molecule has 1 amide bonds. The van der Waals surface area contributed by atoms with E-state index in [1.54, 1.807) is 11.9 Å². The maximum atomic E-state index is 12.2. The summed E-state index contributed by atoms with van der Waals surface area (Å²) in [7, 11) is 1.73. The molecule has 0 aromatic heterocycles. The van der Waals surface area contributed by atoms with Gasteiger partial charge in [0.15, 0.2) is 0 Å². The molecule has 0 spiro atoms. The molecule has 0 aliphatic heterocycles. The van der Waals surface area contributed by atoms with Crippen molar-refractivity contribution in [2.45, 2.75) is 96.8 Å². The summed E-state index contributed by atoms with van der Waals surface area (Å²) in [5, 5.41) is 0. The molecule has 164 valence electrons. The number of hydrogen-bond acceptors (Lipinski definition) is 3.